The van der Waals surface area contributed by atoms with E-state index in [0.29, 0.717) is 0 Å². The summed E-state index contributed by atoms with van der Waals surface area (Å²) in [4.78, 5) is 0. The van der Waals surface area contributed by atoms with Crippen molar-refractivity contribution in [3.8, 4) is 22.3 Å². The average molecular weight is 506 g/mol. The molecule has 0 nitrogen and oxygen atoms in total. The third-order valence-corrected chi connectivity index (χ3v) is 9.47. The highest BCUT2D eigenvalue weighted by Gasteiger charge is 2.66. The fourth-order valence-electron chi connectivity index (χ4n) is 7.97. The lowest BCUT2D eigenvalue weighted by atomic mass is 9.59. The van der Waals surface area contributed by atoms with Crippen LogP contribution in [-0.2, 0) is 5.41 Å². The Balaban J connectivity index is 1.56. The molecule has 4 saturated carbocycles. The predicted molar refractivity (Wildman–Crippen MR) is 126 cm³/mol. The highest BCUT2D eigenvalue weighted by atomic mass is 79.9. The highest BCUT2D eigenvalue weighted by molar-refractivity contribution is 9.11. The van der Waals surface area contributed by atoms with Crippen LogP contribution < -0.4 is 0 Å². The third-order valence-electron chi connectivity index (χ3n) is 8.55. The van der Waals surface area contributed by atoms with Gasteiger partial charge in [0.15, 0.2) is 0 Å². The topological polar surface area (TPSA) is 0 Å². The van der Waals surface area contributed by atoms with Crippen molar-refractivity contribution in [3.63, 3.8) is 0 Å². The summed E-state index contributed by atoms with van der Waals surface area (Å²) in [6.07, 6.45) is 5.81. The van der Waals surface area contributed by atoms with Crippen molar-refractivity contribution >= 4 is 31.9 Å². The molecule has 4 bridgehead atoms. The Labute approximate surface area is 189 Å². The first-order valence-electron chi connectivity index (χ1n) is 10.9. The zero-order valence-electron chi connectivity index (χ0n) is 16.2. The molecular formula is C27H22Br2. The Kier molecular flexibility index (Phi) is 3.50. The molecule has 29 heavy (non-hydrogen) atoms. The number of halogens is 2. The van der Waals surface area contributed by atoms with E-state index in [1.54, 1.807) is 11.1 Å². The van der Waals surface area contributed by atoms with Gasteiger partial charge in [0.2, 0.25) is 0 Å². The molecule has 5 atom stereocenters. The number of benzene rings is 3. The van der Waals surface area contributed by atoms with Gasteiger partial charge in [-0.25, -0.2) is 0 Å². The van der Waals surface area contributed by atoms with Crippen LogP contribution >= 0.6 is 31.9 Å². The Morgan fingerprint density at radius 2 is 1.48 bits per heavy atom. The van der Waals surface area contributed by atoms with E-state index >= 15 is 0 Å². The molecule has 5 unspecified atom stereocenters. The van der Waals surface area contributed by atoms with Crippen LogP contribution in [0.2, 0.25) is 0 Å². The quantitative estimate of drug-likeness (QED) is 0.312. The molecule has 0 saturated heterocycles. The summed E-state index contributed by atoms with van der Waals surface area (Å²) in [7, 11) is 0. The van der Waals surface area contributed by atoms with Crippen molar-refractivity contribution in [1.82, 2.24) is 0 Å². The molecule has 5 aliphatic carbocycles. The van der Waals surface area contributed by atoms with E-state index in [1.807, 2.05) is 0 Å². The molecule has 2 heteroatoms. The second-order valence-corrected chi connectivity index (χ2v) is 11.5. The van der Waals surface area contributed by atoms with E-state index in [2.05, 4.69) is 92.5 Å². The lowest BCUT2D eigenvalue weighted by Crippen LogP contribution is -2.40. The van der Waals surface area contributed by atoms with Gasteiger partial charge < -0.3 is 0 Å². The van der Waals surface area contributed by atoms with Gasteiger partial charge in [-0.3, -0.25) is 0 Å². The van der Waals surface area contributed by atoms with Crippen molar-refractivity contribution < 1.29 is 0 Å². The van der Waals surface area contributed by atoms with Crippen molar-refractivity contribution in [2.75, 3.05) is 0 Å². The smallest absolute Gasteiger partial charge is 0.0274 e. The number of hydrogen-bond donors (Lipinski definition) is 0. The molecule has 3 aromatic rings. The maximum atomic E-state index is 3.71. The Morgan fingerprint density at radius 3 is 2.31 bits per heavy atom. The molecular weight excluding hydrogens is 484 g/mol. The van der Waals surface area contributed by atoms with E-state index in [1.165, 1.54) is 47.9 Å². The fourth-order valence-corrected chi connectivity index (χ4v) is 9.27. The Bertz CT molecular complexity index is 1150. The average Bonchev–Trinajstić information content (AvgIpc) is 3.25. The maximum Gasteiger partial charge on any atom is 0.0274 e. The Hall–Kier alpha value is -1.38. The summed E-state index contributed by atoms with van der Waals surface area (Å²) >= 11 is 7.41. The molecule has 0 heterocycles. The van der Waals surface area contributed by atoms with Crippen LogP contribution in [0.1, 0.15) is 36.8 Å². The van der Waals surface area contributed by atoms with Crippen LogP contribution in [0.15, 0.2) is 69.6 Å². The van der Waals surface area contributed by atoms with Crippen molar-refractivity contribution in [2.45, 2.75) is 31.1 Å². The van der Waals surface area contributed by atoms with Gasteiger partial charge in [0, 0.05) is 14.4 Å². The van der Waals surface area contributed by atoms with Gasteiger partial charge in [-0.15, -0.1) is 0 Å². The van der Waals surface area contributed by atoms with E-state index < -0.39 is 0 Å². The van der Waals surface area contributed by atoms with E-state index in [4.69, 9.17) is 0 Å². The minimum atomic E-state index is 0.267. The summed E-state index contributed by atoms with van der Waals surface area (Å²) in [5.74, 6) is 3.62. The molecule has 4 fully saturated rings. The SMILES string of the molecule is Brc1cc(Br)cc(-c2cccc3c2-c2ccccc2C32C3CC4CC(C3)C2C4)c1. The molecule has 0 radical (unpaired) electrons. The minimum absolute atomic E-state index is 0.267. The molecule has 0 N–H and O–H groups in total. The predicted octanol–water partition coefficient (Wildman–Crippen LogP) is 8.21. The normalized spacial score (nSPS) is 32.8. The zero-order chi connectivity index (χ0) is 19.3. The van der Waals surface area contributed by atoms with Crippen LogP contribution in [0.25, 0.3) is 22.3 Å². The molecule has 0 amide bonds. The molecule has 5 aliphatic rings. The second kappa shape index (κ2) is 5.86. The summed E-state index contributed by atoms with van der Waals surface area (Å²) in [5.41, 5.74) is 9.20. The van der Waals surface area contributed by atoms with Crippen LogP contribution in [-0.4, -0.2) is 0 Å². The van der Waals surface area contributed by atoms with Crippen LogP contribution in [0.3, 0.4) is 0 Å². The van der Waals surface area contributed by atoms with Crippen LogP contribution in [0.5, 0.6) is 0 Å². The fraction of sp³-hybridized carbons (Fsp3) is 0.333. The molecule has 0 aliphatic heterocycles. The highest BCUT2D eigenvalue weighted by Crippen LogP contribution is 2.73. The lowest BCUT2D eigenvalue weighted by molar-refractivity contribution is 0.191. The molecule has 0 aromatic heterocycles. The minimum Gasteiger partial charge on any atom is -0.0619 e. The molecule has 144 valence electrons. The maximum absolute atomic E-state index is 3.71. The number of rotatable bonds is 1. The van der Waals surface area contributed by atoms with Crippen LogP contribution in [0.4, 0.5) is 0 Å². The van der Waals surface area contributed by atoms with Gasteiger partial charge in [-0.2, -0.15) is 0 Å². The van der Waals surface area contributed by atoms with Crippen molar-refractivity contribution in [2.24, 2.45) is 23.7 Å². The van der Waals surface area contributed by atoms with Gasteiger partial charge in [0.1, 0.15) is 0 Å². The van der Waals surface area contributed by atoms with Gasteiger partial charge in [-0.05, 0) is 101 Å². The summed E-state index contributed by atoms with van der Waals surface area (Å²) in [6, 6.07) is 23.1. The number of hydrogen-bond acceptors (Lipinski definition) is 0. The lowest BCUT2D eigenvalue weighted by Gasteiger charge is -2.43. The monoisotopic (exact) mass is 504 g/mol. The van der Waals surface area contributed by atoms with Gasteiger partial charge in [0.05, 0.1) is 0 Å². The Morgan fingerprint density at radius 1 is 0.724 bits per heavy atom. The molecule has 1 spiro atoms. The molecule has 3 aromatic carbocycles. The van der Waals surface area contributed by atoms with E-state index in [9.17, 15) is 0 Å². The first-order valence-corrected chi connectivity index (χ1v) is 12.4. The first-order chi connectivity index (χ1) is 14.2. The summed E-state index contributed by atoms with van der Waals surface area (Å²) in [5, 5.41) is 0. The van der Waals surface area contributed by atoms with Gasteiger partial charge in [0.25, 0.3) is 0 Å². The van der Waals surface area contributed by atoms with Crippen molar-refractivity contribution in [1.29, 1.82) is 0 Å². The largest absolute Gasteiger partial charge is 0.0619 e. The third kappa shape index (κ3) is 2.10. The van der Waals surface area contributed by atoms with E-state index in [0.717, 1.165) is 32.6 Å². The van der Waals surface area contributed by atoms with E-state index in [-0.39, 0.29) is 5.41 Å². The zero-order valence-corrected chi connectivity index (χ0v) is 19.3. The molecule has 8 rings (SSSR count). The summed E-state index contributed by atoms with van der Waals surface area (Å²) in [6.45, 7) is 0. The second-order valence-electron chi connectivity index (χ2n) is 9.67. The van der Waals surface area contributed by atoms with Gasteiger partial charge in [-0.1, -0.05) is 74.3 Å². The van der Waals surface area contributed by atoms with Crippen LogP contribution in [0, 0.1) is 23.7 Å². The first kappa shape index (κ1) is 17.3. The van der Waals surface area contributed by atoms with Crippen molar-refractivity contribution in [3.05, 3.63) is 80.7 Å². The van der Waals surface area contributed by atoms with Gasteiger partial charge >= 0.3 is 0 Å². The number of fused-ring (bicyclic) bond motifs is 3. The standard InChI is InChI=1S/C27H22Br2/c28-19-12-16(13-20(29)14-19)21-5-3-7-24-26(21)22-4-1-2-6-23(22)27(24)18-9-15-8-17(11-18)25(27)10-15/h1-7,12-15,17-18,25H,8-11H2. The summed E-state index contributed by atoms with van der Waals surface area (Å²) < 4.78 is 2.25.